The van der Waals surface area contributed by atoms with Crippen molar-refractivity contribution in [2.75, 3.05) is 23.0 Å². The van der Waals surface area contributed by atoms with E-state index in [9.17, 15) is 14.4 Å². The molecule has 2 aliphatic carbocycles. The van der Waals surface area contributed by atoms with Crippen molar-refractivity contribution in [1.82, 2.24) is 0 Å². The summed E-state index contributed by atoms with van der Waals surface area (Å²) >= 11 is 3.87. The molecule has 0 aromatic heterocycles. The summed E-state index contributed by atoms with van der Waals surface area (Å²) in [6.07, 6.45) is 36.1. The maximum atomic E-state index is 12.5. The van der Waals surface area contributed by atoms with Crippen molar-refractivity contribution in [2.45, 2.75) is 232 Å². The normalized spacial score (nSPS) is 16.8. The van der Waals surface area contributed by atoms with E-state index in [0.29, 0.717) is 31.5 Å². The first-order valence-electron chi connectivity index (χ1n) is 22.6. The zero-order chi connectivity index (χ0) is 37.3. The first-order valence-corrected chi connectivity index (χ1v) is 24.9. The van der Waals surface area contributed by atoms with Gasteiger partial charge in [-0.25, -0.2) is 0 Å². The molecule has 0 aromatic carbocycles. The Labute approximate surface area is 330 Å². The van der Waals surface area contributed by atoms with Gasteiger partial charge < -0.3 is 9.47 Å². The molecular weight excluding hydrogens is 685 g/mol. The van der Waals surface area contributed by atoms with Gasteiger partial charge in [0.1, 0.15) is 18.0 Å². The molecule has 2 rings (SSSR count). The van der Waals surface area contributed by atoms with E-state index in [1.54, 1.807) is 0 Å². The highest BCUT2D eigenvalue weighted by atomic mass is 32.2. The number of rotatable bonds is 34. The number of hydrogen-bond acceptors (Lipinski definition) is 7. The van der Waals surface area contributed by atoms with Gasteiger partial charge in [0.15, 0.2) is 0 Å². The molecule has 52 heavy (non-hydrogen) atoms. The lowest BCUT2D eigenvalue weighted by atomic mass is 9.85. The lowest BCUT2D eigenvalue weighted by molar-refractivity contribution is -0.149. The minimum atomic E-state index is 0.00222. The molecule has 0 radical (unpaired) electrons. The van der Waals surface area contributed by atoms with Crippen LogP contribution in [-0.2, 0) is 23.9 Å². The van der Waals surface area contributed by atoms with Gasteiger partial charge in [0.05, 0.1) is 0 Å². The Kier molecular flexibility index (Phi) is 30.7. The van der Waals surface area contributed by atoms with Gasteiger partial charge >= 0.3 is 11.9 Å². The smallest absolute Gasteiger partial charge is 0.306 e. The number of ketones is 1. The van der Waals surface area contributed by atoms with E-state index in [0.717, 1.165) is 112 Å². The van der Waals surface area contributed by atoms with Gasteiger partial charge in [0, 0.05) is 37.2 Å². The van der Waals surface area contributed by atoms with Crippen LogP contribution in [0.5, 0.6) is 0 Å². The van der Waals surface area contributed by atoms with Crippen molar-refractivity contribution in [1.29, 1.82) is 0 Å². The van der Waals surface area contributed by atoms with Crippen molar-refractivity contribution in [3.05, 3.63) is 0 Å². The summed E-state index contributed by atoms with van der Waals surface area (Å²) in [5.41, 5.74) is 0. The number of carbonyl (C=O) groups excluding carboxylic acids is 3. The van der Waals surface area contributed by atoms with Crippen LogP contribution in [0.4, 0.5) is 0 Å². The van der Waals surface area contributed by atoms with Gasteiger partial charge in [-0.3, -0.25) is 14.4 Å². The van der Waals surface area contributed by atoms with E-state index in [2.05, 4.69) is 13.8 Å². The van der Waals surface area contributed by atoms with Crippen LogP contribution in [-0.4, -0.2) is 52.9 Å². The fraction of sp³-hybridized carbons (Fsp3) is 0.933. The largest absolute Gasteiger partial charge is 0.461 e. The first kappa shape index (κ1) is 47.5. The number of Topliss-reactive ketones (excluding diaryl/α,β-unsaturated/α-hetero) is 1. The topological polar surface area (TPSA) is 69.7 Å². The summed E-state index contributed by atoms with van der Waals surface area (Å²) < 4.78 is 12.0. The van der Waals surface area contributed by atoms with Crippen LogP contribution in [0.3, 0.4) is 0 Å². The van der Waals surface area contributed by atoms with Gasteiger partial charge in [-0.1, -0.05) is 129 Å². The molecule has 0 amide bonds. The van der Waals surface area contributed by atoms with Crippen LogP contribution in [0.25, 0.3) is 0 Å². The van der Waals surface area contributed by atoms with Crippen molar-refractivity contribution < 1.29 is 23.9 Å². The van der Waals surface area contributed by atoms with E-state index >= 15 is 0 Å². The monoisotopic (exact) mass is 767 g/mol. The van der Waals surface area contributed by atoms with E-state index in [1.807, 2.05) is 23.5 Å². The summed E-state index contributed by atoms with van der Waals surface area (Å²) in [5, 5.41) is 0. The Morgan fingerprint density at radius 1 is 0.500 bits per heavy atom. The number of carbonyl (C=O) groups is 3. The number of unbranched alkanes of at least 4 members (excludes halogenated alkanes) is 10. The molecule has 2 aliphatic rings. The molecule has 0 spiro atoms. The Bertz CT molecular complexity index is 802. The number of ether oxygens (including phenoxy) is 2. The number of hydrogen-bond donors (Lipinski definition) is 0. The summed E-state index contributed by atoms with van der Waals surface area (Å²) in [7, 11) is 0. The Hall–Kier alpha value is -0.690. The molecule has 0 saturated heterocycles. The Balaban J connectivity index is 1.52. The van der Waals surface area contributed by atoms with Gasteiger partial charge in [-0.05, 0) is 87.5 Å². The average Bonchev–Trinajstić information content (AvgIpc) is 3.16. The third-order valence-electron chi connectivity index (χ3n) is 11.4. The predicted octanol–water partition coefficient (Wildman–Crippen LogP) is 13.6. The van der Waals surface area contributed by atoms with Gasteiger partial charge in [-0.15, -0.1) is 0 Å². The molecule has 0 N–H and O–H groups in total. The quantitative estimate of drug-likeness (QED) is 0.0477. The average molecular weight is 767 g/mol. The molecule has 0 bridgehead atoms. The molecule has 7 heteroatoms. The Morgan fingerprint density at radius 3 is 1.29 bits per heavy atom. The van der Waals surface area contributed by atoms with Crippen LogP contribution in [0.2, 0.25) is 0 Å². The third kappa shape index (κ3) is 27.0. The zero-order valence-corrected chi connectivity index (χ0v) is 35.8. The highest BCUT2D eigenvalue weighted by molar-refractivity contribution is 7.99. The number of esters is 2. The standard InChI is InChI=1S/C45H82O5S2/c1-3-5-7-19-29-44(47)49-42(33-31-39-23-13-9-14-24-39)37-51-35-21-11-17-27-41(46)28-18-12-22-36-52-38-43(34-32-40-25-15-10-16-26-40)50-45(48)30-20-8-6-4-2/h39-40,42-43H,3-38H2,1-2H3. The van der Waals surface area contributed by atoms with E-state index in [4.69, 9.17) is 9.47 Å². The fourth-order valence-electron chi connectivity index (χ4n) is 7.99. The van der Waals surface area contributed by atoms with Crippen LogP contribution in [0.15, 0.2) is 0 Å². The summed E-state index contributed by atoms with van der Waals surface area (Å²) in [4.78, 5) is 37.6. The van der Waals surface area contributed by atoms with E-state index < -0.39 is 0 Å². The summed E-state index contributed by atoms with van der Waals surface area (Å²) in [6, 6.07) is 0. The van der Waals surface area contributed by atoms with Crippen LogP contribution in [0, 0.1) is 11.8 Å². The van der Waals surface area contributed by atoms with Gasteiger partial charge in [0.25, 0.3) is 0 Å². The van der Waals surface area contributed by atoms with E-state index in [1.165, 1.54) is 103 Å². The fourth-order valence-corrected chi connectivity index (χ4v) is 10.1. The third-order valence-corrected chi connectivity index (χ3v) is 13.8. The number of thioether (sulfide) groups is 2. The second-order valence-corrected chi connectivity index (χ2v) is 18.6. The highest BCUT2D eigenvalue weighted by Gasteiger charge is 2.21. The molecular formula is C45H82O5S2. The van der Waals surface area contributed by atoms with Crippen molar-refractivity contribution in [2.24, 2.45) is 11.8 Å². The minimum absolute atomic E-state index is 0.00222. The van der Waals surface area contributed by atoms with Gasteiger partial charge in [0.2, 0.25) is 0 Å². The van der Waals surface area contributed by atoms with Crippen LogP contribution < -0.4 is 0 Å². The predicted molar refractivity (Wildman–Crippen MR) is 225 cm³/mol. The molecule has 5 nitrogen and oxygen atoms in total. The van der Waals surface area contributed by atoms with Crippen LogP contribution >= 0.6 is 23.5 Å². The second-order valence-electron chi connectivity index (χ2n) is 16.3. The van der Waals surface area contributed by atoms with Crippen LogP contribution in [0.1, 0.15) is 219 Å². The lowest BCUT2D eigenvalue weighted by Crippen LogP contribution is -2.22. The molecule has 304 valence electrons. The molecule has 0 aliphatic heterocycles. The second kappa shape index (κ2) is 33.6. The zero-order valence-electron chi connectivity index (χ0n) is 34.1. The minimum Gasteiger partial charge on any atom is -0.461 e. The van der Waals surface area contributed by atoms with E-state index in [-0.39, 0.29) is 24.1 Å². The van der Waals surface area contributed by atoms with Gasteiger partial charge in [-0.2, -0.15) is 23.5 Å². The molecule has 2 fully saturated rings. The molecule has 0 heterocycles. The first-order chi connectivity index (χ1) is 25.5. The molecule has 2 saturated carbocycles. The SMILES string of the molecule is CCCCCCC(=O)OC(CCC1CCCCC1)CSCCCCCC(=O)CCCCCSCC(CCC1CCCCC1)OC(=O)CCCCCC. The Morgan fingerprint density at radius 2 is 0.885 bits per heavy atom. The highest BCUT2D eigenvalue weighted by Crippen LogP contribution is 2.30. The lowest BCUT2D eigenvalue weighted by Gasteiger charge is -2.24. The molecule has 2 unspecified atom stereocenters. The maximum absolute atomic E-state index is 12.5. The van der Waals surface area contributed by atoms with Crippen molar-refractivity contribution in [3.63, 3.8) is 0 Å². The maximum Gasteiger partial charge on any atom is 0.306 e. The van der Waals surface area contributed by atoms with Crippen molar-refractivity contribution in [3.8, 4) is 0 Å². The molecule has 0 aromatic rings. The summed E-state index contributed by atoms with van der Waals surface area (Å²) in [5.74, 6) is 6.06. The molecule has 2 atom stereocenters. The summed E-state index contributed by atoms with van der Waals surface area (Å²) in [6.45, 7) is 4.40. The van der Waals surface area contributed by atoms with Crippen molar-refractivity contribution >= 4 is 41.2 Å².